The summed E-state index contributed by atoms with van der Waals surface area (Å²) in [6.07, 6.45) is 0.661. The van der Waals surface area contributed by atoms with Crippen LogP contribution in [0.5, 0.6) is 11.5 Å². The van der Waals surface area contributed by atoms with Crippen LogP contribution in [0.25, 0.3) is 11.0 Å². The Morgan fingerprint density at radius 3 is 2.57 bits per heavy atom. The first kappa shape index (κ1) is 24.9. The molecule has 2 aliphatic rings. The van der Waals surface area contributed by atoms with Gasteiger partial charge in [-0.1, -0.05) is 30.3 Å². The lowest BCUT2D eigenvalue weighted by molar-refractivity contribution is -0.129. The lowest BCUT2D eigenvalue weighted by atomic mass is 9.94. The van der Waals surface area contributed by atoms with Gasteiger partial charge >= 0.3 is 0 Å². The van der Waals surface area contributed by atoms with E-state index in [4.69, 9.17) is 18.6 Å². The summed E-state index contributed by atoms with van der Waals surface area (Å²) in [5.74, 6) is -0.818. The smallest absolute Gasteiger partial charge is 0.290 e. The van der Waals surface area contributed by atoms with Crippen LogP contribution in [0, 0.1) is 0 Å². The number of rotatable bonds is 9. The fourth-order valence-corrected chi connectivity index (χ4v) is 5.08. The number of aliphatic hydroxyl groups is 1. The molecular weight excluding hydrogens is 476 g/mol. The van der Waals surface area contributed by atoms with Gasteiger partial charge in [0.1, 0.15) is 5.58 Å². The molecule has 0 saturated carbocycles. The van der Waals surface area contributed by atoms with Crippen molar-refractivity contribution in [2.24, 2.45) is 0 Å². The molecule has 1 unspecified atom stereocenters. The highest BCUT2D eigenvalue weighted by Crippen LogP contribution is 2.45. The number of hydrogen-bond donors (Lipinski definition) is 1. The second-order valence-corrected chi connectivity index (χ2v) is 9.03. The number of amides is 1. The van der Waals surface area contributed by atoms with Crippen molar-refractivity contribution < 1.29 is 33.3 Å². The number of hydrogen-bond acceptors (Lipinski definition) is 8. The molecule has 2 aromatic carbocycles. The molecule has 9 nitrogen and oxygen atoms in total. The molecule has 194 valence electrons. The summed E-state index contributed by atoms with van der Waals surface area (Å²) in [5, 5.41) is 11.8. The molecule has 1 aromatic heterocycles. The maximum atomic E-state index is 13.8. The first-order chi connectivity index (χ1) is 18.0. The molecule has 37 heavy (non-hydrogen) atoms. The Morgan fingerprint density at radius 2 is 1.84 bits per heavy atom. The van der Waals surface area contributed by atoms with E-state index in [1.54, 1.807) is 30.3 Å². The molecule has 1 N–H and O–H groups in total. The number of benzene rings is 2. The maximum Gasteiger partial charge on any atom is 0.290 e. The van der Waals surface area contributed by atoms with E-state index in [0.29, 0.717) is 48.8 Å². The summed E-state index contributed by atoms with van der Waals surface area (Å²) in [7, 11) is 3.03. The Morgan fingerprint density at radius 1 is 1.05 bits per heavy atom. The molecule has 5 rings (SSSR count). The van der Waals surface area contributed by atoms with E-state index in [2.05, 4.69) is 4.90 Å². The van der Waals surface area contributed by atoms with E-state index in [-0.39, 0.29) is 11.3 Å². The third-order valence-electron chi connectivity index (χ3n) is 6.90. The molecule has 0 radical (unpaired) electrons. The van der Waals surface area contributed by atoms with Crippen LogP contribution in [0.4, 0.5) is 0 Å². The highest BCUT2D eigenvalue weighted by atomic mass is 16.5. The number of morpholine rings is 1. The number of aliphatic hydroxyl groups excluding tert-OH is 1. The van der Waals surface area contributed by atoms with Crippen molar-refractivity contribution in [1.29, 1.82) is 0 Å². The van der Waals surface area contributed by atoms with Crippen molar-refractivity contribution in [3.05, 3.63) is 71.2 Å². The lowest BCUT2D eigenvalue weighted by Crippen LogP contribution is -2.39. The van der Waals surface area contributed by atoms with Gasteiger partial charge in [0.2, 0.25) is 5.78 Å². The molecule has 1 atom stereocenters. The number of para-hydroxylation sites is 2. The minimum Gasteiger partial charge on any atom is -0.503 e. The molecule has 1 fully saturated rings. The molecule has 9 heteroatoms. The number of ether oxygens (including phenoxy) is 3. The topological polar surface area (TPSA) is 102 Å². The second kappa shape index (κ2) is 10.7. The predicted molar refractivity (Wildman–Crippen MR) is 136 cm³/mol. The molecule has 3 heterocycles. The SMILES string of the molecule is COc1cccc(C2C(C(=O)c3cc4ccccc4o3)=C(O)C(=O)N2CCCN2CCOCC2)c1OC. The number of methoxy groups -OCH3 is 2. The average molecular weight is 507 g/mol. The largest absolute Gasteiger partial charge is 0.503 e. The van der Waals surface area contributed by atoms with E-state index in [0.717, 1.165) is 25.0 Å². The summed E-state index contributed by atoms with van der Waals surface area (Å²) in [6.45, 7) is 4.14. The summed E-state index contributed by atoms with van der Waals surface area (Å²) in [5.41, 5.74) is 1.06. The fourth-order valence-electron chi connectivity index (χ4n) is 5.08. The van der Waals surface area contributed by atoms with Crippen LogP contribution in [0.1, 0.15) is 28.6 Å². The Kier molecular flexibility index (Phi) is 7.16. The molecule has 0 aliphatic carbocycles. The van der Waals surface area contributed by atoms with Gasteiger partial charge in [-0.3, -0.25) is 14.5 Å². The second-order valence-electron chi connectivity index (χ2n) is 9.03. The molecule has 2 aliphatic heterocycles. The number of Topliss-reactive ketones (excluding diaryl/α,β-unsaturated/α-hetero) is 1. The van der Waals surface area contributed by atoms with E-state index in [1.807, 2.05) is 18.2 Å². The lowest BCUT2D eigenvalue weighted by Gasteiger charge is -2.30. The van der Waals surface area contributed by atoms with Crippen molar-refractivity contribution in [1.82, 2.24) is 9.80 Å². The molecule has 3 aromatic rings. The first-order valence-electron chi connectivity index (χ1n) is 12.3. The standard InChI is InChI=1S/C28H30N2O7/c1-34-21-10-5-8-19(27(21)35-2)24-23(25(31)22-17-18-7-3-4-9-20(18)37-22)26(32)28(33)30(24)12-6-11-29-13-15-36-16-14-29/h3-5,7-10,17,24,32H,6,11-16H2,1-2H3. The van der Waals surface area contributed by atoms with E-state index < -0.39 is 23.5 Å². The minimum atomic E-state index is -0.872. The van der Waals surface area contributed by atoms with E-state index in [1.165, 1.54) is 19.1 Å². The van der Waals surface area contributed by atoms with Gasteiger partial charge in [-0.15, -0.1) is 0 Å². The van der Waals surface area contributed by atoms with Crippen LogP contribution in [0.15, 0.2) is 64.3 Å². The average Bonchev–Trinajstić information content (AvgIpc) is 3.47. The molecule has 1 saturated heterocycles. The third kappa shape index (κ3) is 4.68. The van der Waals surface area contributed by atoms with Gasteiger partial charge in [0.05, 0.1) is 39.0 Å². The molecule has 0 spiro atoms. The van der Waals surface area contributed by atoms with Gasteiger partial charge in [0.15, 0.2) is 23.0 Å². The number of carbonyl (C=O) groups is 2. The number of carbonyl (C=O) groups excluding carboxylic acids is 2. The highest BCUT2D eigenvalue weighted by molar-refractivity contribution is 6.16. The predicted octanol–water partition coefficient (Wildman–Crippen LogP) is 3.75. The summed E-state index contributed by atoms with van der Waals surface area (Å²) < 4.78 is 22.4. The zero-order valence-corrected chi connectivity index (χ0v) is 20.9. The number of fused-ring (bicyclic) bond motifs is 1. The van der Waals surface area contributed by atoms with Gasteiger partial charge in [-0.05, 0) is 24.6 Å². The van der Waals surface area contributed by atoms with Crippen molar-refractivity contribution in [2.45, 2.75) is 12.5 Å². The van der Waals surface area contributed by atoms with Crippen molar-refractivity contribution in [2.75, 3.05) is 53.6 Å². The van der Waals surface area contributed by atoms with Crippen molar-refractivity contribution in [3.8, 4) is 11.5 Å². The molecule has 1 amide bonds. The fraction of sp³-hybridized carbons (Fsp3) is 0.357. The highest BCUT2D eigenvalue weighted by Gasteiger charge is 2.45. The normalized spacial score (nSPS) is 18.6. The molecular formula is C28H30N2O7. The van der Waals surface area contributed by atoms with Crippen LogP contribution in [-0.4, -0.2) is 80.2 Å². The van der Waals surface area contributed by atoms with E-state index in [9.17, 15) is 14.7 Å². The van der Waals surface area contributed by atoms with Crippen LogP contribution in [0.3, 0.4) is 0 Å². The van der Waals surface area contributed by atoms with E-state index >= 15 is 0 Å². The van der Waals surface area contributed by atoms with Gasteiger partial charge < -0.3 is 28.6 Å². The van der Waals surface area contributed by atoms with Crippen molar-refractivity contribution >= 4 is 22.7 Å². The van der Waals surface area contributed by atoms with Gasteiger partial charge in [0, 0.05) is 37.1 Å². The number of nitrogens with zero attached hydrogens (tertiary/aromatic N) is 2. The Hall–Kier alpha value is -3.82. The quantitative estimate of drug-likeness (QED) is 0.438. The van der Waals surface area contributed by atoms with Crippen LogP contribution >= 0.6 is 0 Å². The van der Waals surface area contributed by atoms with Gasteiger partial charge in [0.25, 0.3) is 5.91 Å². The Bertz CT molecular complexity index is 1310. The third-order valence-corrected chi connectivity index (χ3v) is 6.90. The zero-order valence-electron chi connectivity index (χ0n) is 20.9. The monoisotopic (exact) mass is 506 g/mol. The summed E-state index contributed by atoms with van der Waals surface area (Å²) in [4.78, 5) is 31.0. The summed E-state index contributed by atoms with van der Waals surface area (Å²) in [6, 6.07) is 13.3. The Labute approximate surface area is 214 Å². The zero-order chi connectivity index (χ0) is 25.9. The van der Waals surface area contributed by atoms with Crippen molar-refractivity contribution in [3.63, 3.8) is 0 Å². The minimum absolute atomic E-state index is 0.0398. The number of furan rings is 1. The summed E-state index contributed by atoms with van der Waals surface area (Å²) >= 11 is 0. The van der Waals surface area contributed by atoms with Crippen LogP contribution in [-0.2, 0) is 9.53 Å². The Balaban J connectivity index is 1.52. The van der Waals surface area contributed by atoms with Crippen LogP contribution < -0.4 is 9.47 Å². The first-order valence-corrected chi connectivity index (χ1v) is 12.3. The maximum absolute atomic E-state index is 13.8. The van der Waals surface area contributed by atoms with Gasteiger partial charge in [-0.2, -0.15) is 0 Å². The number of ketones is 1. The van der Waals surface area contributed by atoms with Crippen LogP contribution in [0.2, 0.25) is 0 Å². The van der Waals surface area contributed by atoms with Gasteiger partial charge in [-0.25, -0.2) is 0 Å². The molecule has 0 bridgehead atoms.